The Morgan fingerprint density at radius 3 is 2.64 bits per heavy atom. The number of aromatic nitrogens is 1. The summed E-state index contributed by atoms with van der Waals surface area (Å²) < 4.78 is 7.52. The third-order valence-corrected chi connectivity index (χ3v) is 7.68. The zero-order chi connectivity index (χ0) is 27.9. The van der Waals surface area contributed by atoms with E-state index in [9.17, 15) is 14.4 Å². The largest absolute Gasteiger partial charge is 0.385 e. The van der Waals surface area contributed by atoms with Crippen molar-refractivity contribution in [2.45, 2.75) is 84.1 Å². The zero-order valence-corrected chi connectivity index (χ0v) is 23.9. The molecule has 3 amide bonds. The minimum absolute atomic E-state index is 0.153. The minimum atomic E-state index is -0.567. The van der Waals surface area contributed by atoms with E-state index in [1.807, 2.05) is 13.8 Å². The highest BCUT2D eigenvalue weighted by molar-refractivity contribution is 5.87. The normalized spacial score (nSPS) is 20.1. The number of methoxy groups -OCH3 is 1. The van der Waals surface area contributed by atoms with E-state index < -0.39 is 6.04 Å². The molecule has 0 radical (unpaired) electrons. The first-order valence-electron chi connectivity index (χ1n) is 14.4. The maximum absolute atomic E-state index is 13.9. The molecule has 9 nitrogen and oxygen atoms in total. The smallest absolute Gasteiger partial charge is 0.242 e. The van der Waals surface area contributed by atoms with Gasteiger partial charge in [0.05, 0.1) is 5.92 Å². The van der Waals surface area contributed by atoms with E-state index in [0.717, 1.165) is 25.8 Å². The van der Waals surface area contributed by atoms with Gasteiger partial charge in [0.25, 0.3) is 0 Å². The van der Waals surface area contributed by atoms with Gasteiger partial charge in [0.15, 0.2) is 0 Å². The Balaban J connectivity index is 1.44. The summed E-state index contributed by atoms with van der Waals surface area (Å²) in [5.74, 6) is -0.181. The molecule has 1 aromatic heterocycles. The number of hydrogen-bond donors (Lipinski definition) is 3. The number of benzene rings is 1. The van der Waals surface area contributed by atoms with E-state index >= 15 is 0 Å². The number of ether oxygens (including phenoxy) is 1. The molecular weight excluding hydrogens is 494 g/mol. The van der Waals surface area contributed by atoms with Crippen molar-refractivity contribution < 1.29 is 19.1 Å². The van der Waals surface area contributed by atoms with E-state index in [1.165, 1.54) is 23.4 Å². The predicted molar refractivity (Wildman–Crippen MR) is 152 cm³/mol. The second-order valence-corrected chi connectivity index (χ2v) is 11.6. The van der Waals surface area contributed by atoms with Gasteiger partial charge in [0.2, 0.25) is 17.7 Å². The summed E-state index contributed by atoms with van der Waals surface area (Å²) in [5.41, 5.74) is 2.35. The summed E-state index contributed by atoms with van der Waals surface area (Å²) in [5, 5.41) is 10.4. The fourth-order valence-corrected chi connectivity index (χ4v) is 5.69. The van der Waals surface area contributed by atoms with Gasteiger partial charge in [0, 0.05) is 76.0 Å². The van der Waals surface area contributed by atoms with Gasteiger partial charge in [0.1, 0.15) is 6.04 Å². The Morgan fingerprint density at radius 2 is 1.95 bits per heavy atom. The Labute approximate surface area is 232 Å². The first-order chi connectivity index (χ1) is 18.8. The number of nitrogens with zero attached hydrogens (tertiary/aromatic N) is 2. The van der Waals surface area contributed by atoms with Crippen LogP contribution in [-0.4, -0.2) is 72.1 Å². The van der Waals surface area contributed by atoms with E-state index in [2.05, 4.69) is 55.9 Å². The second kappa shape index (κ2) is 13.4. The lowest BCUT2D eigenvalue weighted by molar-refractivity contribution is -0.138. The average Bonchev–Trinajstić information content (AvgIpc) is 3.69. The molecule has 3 N–H and O–H groups in total. The third kappa shape index (κ3) is 7.82. The van der Waals surface area contributed by atoms with Crippen LogP contribution in [0, 0.1) is 11.8 Å². The van der Waals surface area contributed by atoms with Crippen molar-refractivity contribution in [3.63, 3.8) is 0 Å². The molecule has 2 fully saturated rings. The second-order valence-electron chi connectivity index (χ2n) is 11.6. The van der Waals surface area contributed by atoms with Gasteiger partial charge in [-0.3, -0.25) is 14.4 Å². The van der Waals surface area contributed by atoms with Crippen LogP contribution in [0.2, 0.25) is 0 Å². The van der Waals surface area contributed by atoms with Crippen LogP contribution in [0.5, 0.6) is 0 Å². The van der Waals surface area contributed by atoms with Crippen molar-refractivity contribution in [2.75, 3.05) is 26.8 Å². The Bertz CT molecular complexity index is 1140. The van der Waals surface area contributed by atoms with Crippen LogP contribution in [0.3, 0.4) is 0 Å². The van der Waals surface area contributed by atoms with Crippen LogP contribution < -0.4 is 16.0 Å². The maximum atomic E-state index is 13.9. The molecule has 0 bridgehead atoms. The summed E-state index contributed by atoms with van der Waals surface area (Å²) in [6.07, 6.45) is 6.36. The fraction of sp³-hybridized carbons (Fsp3) is 0.633. The summed E-state index contributed by atoms with van der Waals surface area (Å²) in [6, 6.07) is 7.95. The van der Waals surface area contributed by atoms with Crippen molar-refractivity contribution in [2.24, 2.45) is 11.8 Å². The van der Waals surface area contributed by atoms with Crippen LogP contribution in [-0.2, 0) is 32.2 Å². The number of carbonyl (C=O) groups excluding carboxylic acids is 3. The molecule has 9 heteroatoms. The molecule has 1 saturated heterocycles. The maximum Gasteiger partial charge on any atom is 0.242 e. The van der Waals surface area contributed by atoms with Crippen LogP contribution in [0.4, 0.5) is 0 Å². The molecular formula is C30H45N5O4. The quantitative estimate of drug-likeness (QED) is 0.340. The molecule has 214 valence electrons. The molecule has 39 heavy (non-hydrogen) atoms. The van der Waals surface area contributed by atoms with Crippen molar-refractivity contribution in [3.05, 3.63) is 36.0 Å². The van der Waals surface area contributed by atoms with Crippen LogP contribution in [0.1, 0.15) is 58.4 Å². The van der Waals surface area contributed by atoms with E-state index in [-0.39, 0.29) is 41.6 Å². The molecule has 1 aliphatic carbocycles. The molecule has 1 aliphatic heterocycles. The van der Waals surface area contributed by atoms with Gasteiger partial charge >= 0.3 is 0 Å². The lowest BCUT2D eigenvalue weighted by atomic mass is 9.93. The molecule has 1 aromatic carbocycles. The zero-order valence-electron chi connectivity index (χ0n) is 23.9. The van der Waals surface area contributed by atoms with E-state index in [1.54, 1.807) is 7.11 Å². The van der Waals surface area contributed by atoms with Crippen LogP contribution >= 0.6 is 0 Å². The van der Waals surface area contributed by atoms with Crippen LogP contribution in [0.15, 0.2) is 30.5 Å². The first-order valence-corrected chi connectivity index (χ1v) is 14.4. The molecule has 2 heterocycles. The number of aryl methyl sites for hydroxylation is 1. The first kappa shape index (κ1) is 29.1. The number of para-hydroxylation sites is 1. The van der Waals surface area contributed by atoms with Gasteiger partial charge in [-0.05, 0) is 49.7 Å². The van der Waals surface area contributed by atoms with E-state index in [0.29, 0.717) is 39.1 Å². The molecule has 0 spiro atoms. The Hall–Kier alpha value is -2.91. The Morgan fingerprint density at radius 1 is 1.18 bits per heavy atom. The predicted octanol–water partition coefficient (Wildman–Crippen LogP) is 2.81. The van der Waals surface area contributed by atoms with Crippen molar-refractivity contribution in [1.82, 2.24) is 25.4 Å². The average molecular weight is 540 g/mol. The highest BCUT2D eigenvalue weighted by atomic mass is 16.5. The molecule has 2 unspecified atom stereocenters. The van der Waals surface area contributed by atoms with Crippen molar-refractivity contribution in [3.8, 4) is 0 Å². The molecule has 2 aliphatic rings. The standard InChI is InChI=1S/C30H45N5O4/c1-20(2)14-27(32-21(3)36)29(37)33-24-15-22(16-31-17-24)30(38)35(25-10-11-25)19-23-18-34(12-7-13-39-4)28-9-6-5-8-26(23)28/h5-6,8-9,18,20,22,24-25,27,31H,7,10-17,19H2,1-4H3,(H,32,36)(H,33,37)/t22?,24?,27-/m0/s1. The van der Waals surface area contributed by atoms with Crippen molar-refractivity contribution >= 4 is 28.6 Å². The van der Waals surface area contributed by atoms with Gasteiger partial charge in [-0.25, -0.2) is 0 Å². The molecule has 2 aromatic rings. The van der Waals surface area contributed by atoms with Gasteiger partial charge in [-0.1, -0.05) is 32.0 Å². The number of carbonyl (C=O) groups is 3. The number of rotatable bonds is 13. The Kier molecular flexibility index (Phi) is 10.0. The lowest BCUT2D eigenvalue weighted by Gasteiger charge is -2.34. The van der Waals surface area contributed by atoms with E-state index in [4.69, 9.17) is 4.74 Å². The van der Waals surface area contributed by atoms with Gasteiger partial charge in [-0.15, -0.1) is 0 Å². The molecule has 1 saturated carbocycles. The lowest BCUT2D eigenvalue weighted by Crippen LogP contribution is -2.56. The summed E-state index contributed by atoms with van der Waals surface area (Å²) in [4.78, 5) is 40.6. The number of fused-ring (bicyclic) bond motifs is 1. The number of amides is 3. The van der Waals surface area contributed by atoms with Crippen LogP contribution in [0.25, 0.3) is 10.9 Å². The van der Waals surface area contributed by atoms with Gasteiger partial charge < -0.3 is 30.2 Å². The number of piperidine rings is 1. The third-order valence-electron chi connectivity index (χ3n) is 7.68. The fourth-order valence-electron chi connectivity index (χ4n) is 5.69. The topological polar surface area (TPSA) is 105 Å². The van der Waals surface area contributed by atoms with Gasteiger partial charge in [-0.2, -0.15) is 0 Å². The minimum Gasteiger partial charge on any atom is -0.385 e. The molecule has 3 atom stereocenters. The SMILES string of the molecule is COCCCn1cc(CN(C(=O)C2CNCC(NC(=O)[C@H](CC(C)C)NC(C)=O)C2)C2CC2)c2ccccc21. The summed E-state index contributed by atoms with van der Waals surface area (Å²) in [6.45, 7) is 8.89. The molecule has 4 rings (SSSR count). The highest BCUT2D eigenvalue weighted by Crippen LogP contribution is 2.33. The summed E-state index contributed by atoms with van der Waals surface area (Å²) >= 11 is 0. The van der Waals surface area contributed by atoms with Crippen molar-refractivity contribution in [1.29, 1.82) is 0 Å². The highest BCUT2D eigenvalue weighted by Gasteiger charge is 2.38. The number of hydrogen-bond acceptors (Lipinski definition) is 5. The summed E-state index contributed by atoms with van der Waals surface area (Å²) in [7, 11) is 1.72. The monoisotopic (exact) mass is 539 g/mol. The number of nitrogens with one attached hydrogen (secondary N) is 3.